The molecule has 0 atom stereocenters. The second-order valence-corrected chi connectivity index (χ2v) is 3.45. The molecule has 1 rings (SSSR count). The van der Waals surface area contributed by atoms with Crippen LogP contribution in [-0.2, 0) is 6.54 Å². The molecule has 66 valence electrons. The molecule has 0 bridgehead atoms. The van der Waals surface area contributed by atoms with Crippen LogP contribution in [0.3, 0.4) is 0 Å². The maximum atomic E-state index is 2.42. The molecule has 13 heavy (non-hydrogen) atoms. The Morgan fingerprint density at radius 2 is 1.62 bits per heavy atom. The van der Waals surface area contributed by atoms with Gasteiger partial charge in [-0.25, -0.2) is 0 Å². The van der Waals surface area contributed by atoms with Crippen molar-refractivity contribution < 1.29 is 0 Å². The third-order valence-corrected chi connectivity index (χ3v) is 2.42. The molecule has 2 heteroatoms. The van der Waals surface area contributed by atoms with Crippen molar-refractivity contribution in [1.82, 2.24) is 4.90 Å². The van der Waals surface area contributed by atoms with Crippen molar-refractivity contribution in [2.24, 2.45) is 0 Å². The minimum absolute atomic E-state index is 1.08. The van der Waals surface area contributed by atoms with Gasteiger partial charge in [-0.3, -0.25) is 0 Å². The Balaban J connectivity index is 2.58. The molecule has 0 aliphatic carbocycles. The molecule has 0 N–H and O–H groups in total. The Bertz CT molecular complexity index is 239. The van der Waals surface area contributed by atoms with E-state index >= 15 is 0 Å². The van der Waals surface area contributed by atoms with Gasteiger partial charge < -0.3 is 0 Å². The summed E-state index contributed by atoms with van der Waals surface area (Å²) < 4.78 is 1.34. The number of nitrogens with zero attached hydrogens (tertiary/aromatic N) is 1. The fourth-order valence-corrected chi connectivity index (χ4v) is 1.40. The van der Waals surface area contributed by atoms with Gasteiger partial charge in [0, 0.05) is 0 Å². The fourth-order valence-electron chi connectivity index (χ4n) is 1.40. The predicted molar refractivity (Wildman–Crippen MR) is 58.5 cm³/mol. The van der Waals surface area contributed by atoms with Crippen LogP contribution in [0.4, 0.5) is 0 Å². The monoisotopic (exact) mass is 169 g/mol. The molecule has 0 saturated heterocycles. The molecule has 0 spiro atoms. The maximum absolute atomic E-state index is 2.42. The van der Waals surface area contributed by atoms with Crippen molar-refractivity contribution >= 4 is 22.0 Å². The summed E-state index contributed by atoms with van der Waals surface area (Å²) >= 11 is 2.13. The first-order valence-corrected chi connectivity index (χ1v) is 5.04. The molecule has 1 aromatic rings. The van der Waals surface area contributed by atoms with Gasteiger partial charge in [0.2, 0.25) is 0 Å². The first-order chi connectivity index (χ1) is 6.26. The van der Waals surface area contributed by atoms with Gasteiger partial charge in [0.1, 0.15) is 0 Å². The van der Waals surface area contributed by atoms with Crippen LogP contribution in [0.15, 0.2) is 24.3 Å². The van der Waals surface area contributed by atoms with Crippen molar-refractivity contribution in [1.29, 1.82) is 0 Å². The van der Waals surface area contributed by atoms with Crippen molar-refractivity contribution in [2.45, 2.75) is 20.4 Å². The molecular weight excluding hydrogens is 153 g/mol. The van der Waals surface area contributed by atoms with Gasteiger partial charge in [0.15, 0.2) is 0 Å². The Kier molecular flexibility index (Phi) is 4.59. The van der Waals surface area contributed by atoms with E-state index in [4.69, 9.17) is 0 Å². The summed E-state index contributed by atoms with van der Waals surface area (Å²) in [7, 11) is 0. The van der Waals surface area contributed by atoms with E-state index in [1.807, 2.05) is 0 Å². The van der Waals surface area contributed by atoms with Gasteiger partial charge in [-0.15, -0.1) is 0 Å². The second kappa shape index (κ2) is 5.50. The number of rotatable bonds is 4. The Morgan fingerprint density at radius 3 is 2.08 bits per heavy atom. The molecule has 1 nitrogen and oxygen atoms in total. The summed E-state index contributed by atoms with van der Waals surface area (Å²) in [6.07, 6.45) is 0. The van der Waals surface area contributed by atoms with Crippen LogP contribution >= 0.6 is 0 Å². The zero-order valence-electron chi connectivity index (χ0n) is 8.88. The van der Waals surface area contributed by atoms with Crippen LogP contribution in [0, 0.1) is 0 Å². The Hall–Kier alpha value is -0.223. The van der Waals surface area contributed by atoms with Crippen LogP contribution in [0.25, 0.3) is 0 Å². The molecule has 0 heterocycles. The van der Waals surface area contributed by atoms with Crippen molar-refractivity contribution in [3.63, 3.8) is 0 Å². The van der Waals surface area contributed by atoms with E-state index in [1.165, 1.54) is 9.80 Å². The number of hydrogen-bond acceptors (Lipinski definition) is 1. The van der Waals surface area contributed by atoms with Crippen LogP contribution < -0.4 is 4.24 Å². The average molecular weight is 169 g/mol. The van der Waals surface area contributed by atoms with Crippen LogP contribution in [0.1, 0.15) is 19.4 Å². The molecule has 0 unspecified atom stereocenters. The summed E-state index contributed by atoms with van der Waals surface area (Å²) in [5, 5.41) is 0. The molecule has 0 amide bonds. The van der Waals surface area contributed by atoms with E-state index in [-0.39, 0.29) is 0 Å². The summed E-state index contributed by atoms with van der Waals surface area (Å²) in [4.78, 5) is 2.42. The number of hydrogen-bond donors (Lipinski definition) is 0. The molecule has 0 aromatic heterocycles. The first kappa shape index (κ1) is 10.9. The van der Waals surface area contributed by atoms with Crippen LogP contribution in [0.5, 0.6) is 0 Å². The molecule has 0 aliphatic rings. The Labute approximate surface area is 90.3 Å². The van der Waals surface area contributed by atoms with E-state index in [0.717, 1.165) is 19.6 Å². The van der Waals surface area contributed by atoms with E-state index in [9.17, 15) is 0 Å². The third-order valence-electron chi connectivity index (χ3n) is 2.42. The van der Waals surface area contributed by atoms with E-state index in [0.29, 0.717) is 0 Å². The van der Waals surface area contributed by atoms with Gasteiger partial charge >= 0.3 is 90.2 Å². The van der Waals surface area contributed by atoms with Gasteiger partial charge in [-0.2, -0.15) is 0 Å². The van der Waals surface area contributed by atoms with Crippen LogP contribution in [-0.4, -0.2) is 35.7 Å². The van der Waals surface area contributed by atoms with Crippen molar-refractivity contribution in [3.8, 4) is 0 Å². The minimum atomic E-state index is 1.08. The number of benzene rings is 1. The molecule has 0 radical (unpaired) electrons. The van der Waals surface area contributed by atoms with E-state index in [2.05, 4.69) is 60.7 Å². The molecule has 1 aromatic carbocycles. The molecular formula is C11H16LiN. The van der Waals surface area contributed by atoms with E-state index in [1.54, 1.807) is 0 Å². The van der Waals surface area contributed by atoms with Gasteiger partial charge in [0.25, 0.3) is 0 Å². The topological polar surface area (TPSA) is 3.24 Å². The fraction of sp³-hybridized carbons (Fsp3) is 0.455. The predicted octanol–water partition coefficient (Wildman–Crippen LogP) is 1.32. The molecule has 0 fully saturated rings. The standard InChI is InChI=1S/C11H16N.Li/c1-3-12(4-2)10-11-8-6-5-7-9-11;/h6-9H,3-4,10H2,1-2H3;. The SMILES string of the molecule is [Li][c]1ccc(CN(CC)CC)cc1. The third kappa shape index (κ3) is 3.56. The summed E-state index contributed by atoms with van der Waals surface area (Å²) in [5.41, 5.74) is 1.41. The molecule has 0 saturated carbocycles. The Morgan fingerprint density at radius 1 is 1.08 bits per heavy atom. The second-order valence-electron chi connectivity index (χ2n) is 3.45. The quantitative estimate of drug-likeness (QED) is 0.614. The summed E-state index contributed by atoms with van der Waals surface area (Å²) in [6, 6.07) is 8.79. The zero-order chi connectivity index (χ0) is 9.68. The normalized spacial score (nSPS) is 10.8. The van der Waals surface area contributed by atoms with Gasteiger partial charge in [-0.05, 0) is 0 Å². The summed E-state index contributed by atoms with van der Waals surface area (Å²) in [6.45, 7) is 7.75. The van der Waals surface area contributed by atoms with Gasteiger partial charge in [-0.1, -0.05) is 0 Å². The first-order valence-electron chi connectivity index (χ1n) is 5.04. The molecule has 0 aliphatic heterocycles. The van der Waals surface area contributed by atoms with Crippen molar-refractivity contribution in [3.05, 3.63) is 29.8 Å². The van der Waals surface area contributed by atoms with Crippen LogP contribution in [0.2, 0.25) is 0 Å². The van der Waals surface area contributed by atoms with E-state index < -0.39 is 0 Å². The summed E-state index contributed by atoms with van der Waals surface area (Å²) in [5.74, 6) is 0. The average Bonchev–Trinajstić information content (AvgIpc) is 2.17. The van der Waals surface area contributed by atoms with Crippen molar-refractivity contribution in [2.75, 3.05) is 13.1 Å². The van der Waals surface area contributed by atoms with Gasteiger partial charge in [0.05, 0.1) is 0 Å². The zero-order valence-corrected chi connectivity index (χ0v) is 8.88.